The predicted octanol–water partition coefficient (Wildman–Crippen LogP) is 10.9. The van der Waals surface area contributed by atoms with Crippen molar-refractivity contribution in [2.75, 3.05) is 0 Å². The summed E-state index contributed by atoms with van der Waals surface area (Å²) in [4.78, 5) is 13.5. The van der Waals surface area contributed by atoms with E-state index in [4.69, 9.17) is 13.7 Å². The third-order valence-corrected chi connectivity index (χ3v) is 9.18. The second-order valence-electron chi connectivity index (χ2n) is 12.0. The summed E-state index contributed by atoms with van der Waals surface area (Å²) >= 11 is 0. The molecule has 0 fully saturated rings. The second-order valence-corrected chi connectivity index (χ2v) is 12.0. The highest BCUT2D eigenvalue weighted by atomic mass is 15.0. The molecule has 0 amide bonds. The van der Waals surface area contributed by atoms with Crippen molar-refractivity contribution < 1.29 is 13.7 Å². The van der Waals surface area contributed by atoms with Crippen LogP contribution < -0.4 is 0 Å². The molecule has 0 saturated carbocycles. The highest BCUT2D eigenvalue weighted by Gasteiger charge is 2.22. The molecular formula is C46H28N6. The Morgan fingerprint density at radius 1 is 0.500 bits per heavy atom. The molecule has 0 bridgehead atoms. The van der Waals surface area contributed by atoms with Crippen LogP contribution in [0.3, 0.4) is 0 Å². The molecule has 7 aromatic carbocycles. The van der Waals surface area contributed by atoms with Crippen molar-refractivity contribution in [2.45, 2.75) is 0 Å². The van der Waals surface area contributed by atoms with Crippen LogP contribution in [0.1, 0.15) is 19.3 Å². The average Bonchev–Trinajstić information content (AvgIpc) is 3.82. The van der Waals surface area contributed by atoms with Crippen LogP contribution in [0.2, 0.25) is 0 Å². The lowest BCUT2D eigenvalue weighted by Crippen LogP contribution is -2.02. The molecule has 0 atom stereocenters. The van der Waals surface area contributed by atoms with E-state index >= 15 is 0 Å². The van der Waals surface area contributed by atoms with Gasteiger partial charge >= 0.3 is 0 Å². The lowest BCUT2D eigenvalue weighted by molar-refractivity contribution is 1.07. The Balaban J connectivity index is 1.26. The Morgan fingerprint density at radius 3 is 1.73 bits per heavy atom. The van der Waals surface area contributed by atoms with Crippen LogP contribution in [0.4, 0.5) is 0 Å². The molecule has 0 aliphatic heterocycles. The number of hydrogen-bond acceptors (Lipinski definition) is 4. The van der Waals surface area contributed by atoms with E-state index in [0.717, 1.165) is 49.3 Å². The van der Waals surface area contributed by atoms with Gasteiger partial charge in [0.25, 0.3) is 0 Å². The summed E-state index contributed by atoms with van der Waals surface area (Å²) < 4.78 is 88.6. The second kappa shape index (κ2) is 11.9. The number of hydrogen-bond donors (Lipinski definition) is 0. The van der Waals surface area contributed by atoms with Crippen molar-refractivity contribution in [2.24, 2.45) is 0 Å². The van der Waals surface area contributed by atoms with Gasteiger partial charge < -0.3 is 9.13 Å². The smallest absolute Gasteiger partial charge is 0.164 e. The van der Waals surface area contributed by atoms with E-state index in [0.29, 0.717) is 5.69 Å². The largest absolute Gasteiger partial charge is 0.309 e. The number of fused-ring (bicyclic) bond motifs is 7. The van der Waals surface area contributed by atoms with Crippen LogP contribution in [0.5, 0.6) is 0 Å². The number of para-hydroxylation sites is 3. The first kappa shape index (κ1) is 21.0. The van der Waals surface area contributed by atoms with Gasteiger partial charge in [-0.2, -0.15) is 5.26 Å². The molecule has 0 unspecified atom stereocenters. The molecule has 0 aliphatic carbocycles. The molecule has 0 aliphatic rings. The summed E-state index contributed by atoms with van der Waals surface area (Å²) in [6.45, 7) is 0. The normalized spacial score (nSPS) is 14.1. The van der Waals surface area contributed by atoms with Gasteiger partial charge in [-0.25, -0.2) is 15.0 Å². The summed E-state index contributed by atoms with van der Waals surface area (Å²) in [5.41, 5.74) is 4.94. The van der Waals surface area contributed by atoms with E-state index in [1.807, 2.05) is 54.6 Å². The van der Waals surface area contributed by atoms with Crippen LogP contribution in [0.25, 0.3) is 89.2 Å². The van der Waals surface area contributed by atoms with Gasteiger partial charge in [0.05, 0.1) is 47.0 Å². The predicted molar refractivity (Wildman–Crippen MR) is 210 cm³/mol. The van der Waals surface area contributed by atoms with Gasteiger partial charge in [0, 0.05) is 43.9 Å². The Kier molecular flexibility index (Phi) is 4.81. The van der Waals surface area contributed by atoms with E-state index in [1.54, 1.807) is 18.2 Å². The minimum absolute atomic E-state index is 0.137. The highest BCUT2D eigenvalue weighted by molar-refractivity contribution is 6.26. The van der Waals surface area contributed by atoms with E-state index in [2.05, 4.69) is 66.6 Å². The maximum atomic E-state index is 10.9. The lowest BCUT2D eigenvalue weighted by atomic mass is 10.1. The summed E-state index contributed by atoms with van der Waals surface area (Å²) in [5, 5.41) is 14.9. The van der Waals surface area contributed by atoms with Crippen LogP contribution in [0, 0.1) is 11.3 Å². The zero-order valence-electron chi connectivity index (χ0n) is 37.1. The van der Waals surface area contributed by atoms with Gasteiger partial charge in [0.1, 0.15) is 6.07 Å². The molecule has 3 heterocycles. The average molecular weight is 675 g/mol. The molecule has 0 spiro atoms. The zero-order valence-corrected chi connectivity index (χ0v) is 27.1. The molecular weight excluding hydrogens is 637 g/mol. The maximum Gasteiger partial charge on any atom is 0.164 e. The first-order valence-corrected chi connectivity index (χ1v) is 16.4. The molecule has 0 radical (unpaired) electrons. The highest BCUT2D eigenvalue weighted by Crippen LogP contribution is 2.42. The first-order valence-electron chi connectivity index (χ1n) is 21.4. The number of nitriles is 1. The monoisotopic (exact) mass is 674 g/mol. The molecule has 0 N–H and O–H groups in total. The van der Waals surface area contributed by atoms with E-state index in [-0.39, 0.29) is 28.1 Å². The molecule has 52 heavy (non-hydrogen) atoms. The minimum Gasteiger partial charge on any atom is -0.309 e. The molecule has 6 heteroatoms. The topological polar surface area (TPSA) is 72.3 Å². The summed E-state index contributed by atoms with van der Waals surface area (Å²) in [6, 6.07) is 31.5. The van der Waals surface area contributed by atoms with Gasteiger partial charge in [-0.15, -0.1) is 0 Å². The third-order valence-electron chi connectivity index (χ3n) is 9.18. The SMILES string of the molecule is [2H]c1c([2H])c([2H])c(-c2nc(-c3ccc(-n4c5ccccc5c5ccc6c(c7ccccc7n6-c6ccccc6)c54)c(C#N)c3)nc(-c3c([2H])c([2H])c([2H])c([2H])c3[2H])n2)c([2H])c1[2H]. The third kappa shape index (κ3) is 4.61. The number of aromatic nitrogens is 5. The molecule has 0 saturated heterocycles. The Hall–Kier alpha value is -7.36. The molecule has 10 rings (SSSR count). The van der Waals surface area contributed by atoms with Crippen LogP contribution in [-0.4, -0.2) is 24.1 Å². The summed E-state index contributed by atoms with van der Waals surface area (Å²) in [7, 11) is 0. The fourth-order valence-electron chi connectivity index (χ4n) is 7.03. The van der Waals surface area contributed by atoms with Crippen LogP contribution in [-0.2, 0) is 0 Å². The van der Waals surface area contributed by atoms with E-state index in [9.17, 15) is 5.26 Å². The van der Waals surface area contributed by atoms with Crippen molar-refractivity contribution >= 4 is 43.6 Å². The quantitative estimate of drug-likeness (QED) is 0.182. The summed E-state index contributed by atoms with van der Waals surface area (Å²) in [6.07, 6.45) is 0. The number of nitrogens with zero attached hydrogens (tertiary/aromatic N) is 6. The molecule has 6 nitrogen and oxygen atoms in total. The van der Waals surface area contributed by atoms with Gasteiger partial charge in [0.2, 0.25) is 0 Å². The van der Waals surface area contributed by atoms with Gasteiger partial charge in [-0.1, -0.05) is 121 Å². The van der Waals surface area contributed by atoms with E-state index in [1.165, 1.54) is 0 Å². The fourth-order valence-corrected chi connectivity index (χ4v) is 7.03. The first-order chi connectivity index (χ1) is 29.9. The van der Waals surface area contributed by atoms with Gasteiger partial charge in [0.15, 0.2) is 17.5 Å². The van der Waals surface area contributed by atoms with Crippen molar-refractivity contribution in [3.8, 4) is 51.6 Å². The van der Waals surface area contributed by atoms with Gasteiger partial charge in [-0.3, -0.25) is 0 Å². The van der Waals surface area contributed by atoms with Crippen LogP contribution in [0.15, 0.2) is 170 Å². The lowest BCUT2D eigenvalue weighted by Gasteiger charge is -2.13. The van der Waals surface area contributed by atoms with Crippen LogP contribution >= 0.6 is 0 Å². The number of rotatable bonds is 5. The van der Waals surface area contributed by atoms with Crippen molar-refractivity contribution in [3.05, 3.63) is 175 Å². The minimum atomic E-state index is -0.643. The molecule has 242 valence electrons. The maximum absolute atomic E-state index is 10.9. The van der Waals surface area contributed by atoms with Crippen molar-refractivity contribution in [1.82, 2.24) is 24.1 Å². The van der Waals surface area contributed by atoms with Crippen molar-refractivity contribution in [1.29, 1.82) is 5.26 Å². The fraction of sp³-hybridized carbons (Fsp3) is 0. The van der Waals surface area contributed by atoms with E-state index < -0.39 is 72.1 Å². The Morgan fingerprint density at radius 2 is 1.08 bits per heavy atom. The Bertz CT molecular complexity index is 3470. The molecule has 3 aromatic heterocycles. The van der Waals surface area contributed by atoms with Crippen molar-refractivity contribution in [3.63, 3.8) is 0 Å². The standard InChI is InChI=1S/C46H28N6/c47-29-33-28-32(46-49-44(30-14-4-1-5-15-30)48-45(50-46)31-16-6-2-7-17-31)24-26-38(33)52-39-22-12-10-20-35(39)36-25-27-41-42(43(36)52)37-21-11-13-23-40(37)51(41)34-18-8-3-9-19-34/h1-28H/i1D,2D,4D,5D,6D,7D,14D,15D,16D,17D. The molecule has 10 aromatic rings. The van der Waals surface area contributed by atoms with Gasteiger partial charge in [-0.05, 0) is 48.5 Å². The Labute approximate surface area is 313 Å². The number of benzene rings is 7. The summed E-state index contributed by atoms with van der Waals surface area (Å²) in [5.74, 6) is -0.922. The zero-order chi connectivity index (χ0) is 43.3.